The Hall–Kier alpha value is -2.83. The lowest BCUT2D eigenvalue weighted by atomic mass is 10.0. The van der Waals surface area contributed by atoms with Gasteiger partial charge in [-0.2, -0.15) is 0 Å². The fourth-order valence-corrected chi connectivity index (χ4v) is 3.02. The van der Waals surface area contributed by atoms with Crippen LogP contribution in [-0.4, -0.2) is 48.4 Å². The summed E-state index contributed by atoms with van der Waals surface area (Å²) < 4.78 is 10.2. The zero-order valence-electron chi connectivity index (χ0n) is 14.3. The molecule has 1 aliphatic rings. The second kappa shape index (κ2) is 7.38. The van der Waals surface area contributed by atoms with Gasteiger partial charge in [0.1, 0.15) is 6.04 Å². The van der Waals surface area contributed by atoms with E-state index in [2.05, 4.69) is 4.98 Å². The van der Waals surface area contributed by atoms with Crippen LogP contribution >= 0.6 is 0 Å². The van der Waals surface area contributed by atoms with Crippen molar-refractivity contribution in [3.63, 3.8) is 0 Å². The molecule has 25 heavy (non-hydrogen) atoms. The van der Waals surface area contributed by atoms with Crippen LogP contribution in [0.25, 0.3) is 0 Å². The highest BCUT2D eigenvalue weighted by Gasteiger charge is 2.35. The number of rotatable bonds is 4. The summed E-state index contributed by atoms with van der Waals surface area (Å²) in [6, 6.07) is 6.26. The Morgan fingerprint density at radius 2 is 2.16 bits per heavy atom. The number of hydrogen-bond acceptors (Lipinski definition) is 5. The average Bonchev–Trinajstić information content (AvgIpc) is 3.21. The summed E-state index contributed by atoms with van der Waals surface area (Å²) in [5, 5.41) is 0. The molecule has 0 spiro atoms. The molecule has 1 fully saturated rings. The maximum absolute atomic E-state index is 13.0. The molecule has 2 aromatic rings. The fraction of sp³-hybridized carbons (Fsp3) is 0.389. The number of ether oxygens (including phenoxy) is 1. The molecule has 0 aromatic carbocycles. The van der Waals surface area contributed by atoms with Crippen LogP contribution in [0.15, 0.2) is 41.1 Å². The molecule has 0 aliphatic carbocycles. The third kappa shape index (κ3) is 3.50. The first-order valence-electron chi connectivity index (χ1n) is 8.24. The number of piperidine rings is 1. The Labute approximate surface area is 146 Å². The summed E-state index contributed by atoms with van der Waals surface area (Å²) in [5.74, 6) is 0.362. The molecule has 7 heteroatoms. The second-order valence-corrected chi connectivity index (χ2v) is 5.94. The van der Waals surface area contributed by atoms with Gasteiger partial charge in [0, 0.05) is 19.7 Å². The van der Waals surface area contributed by atoms with Crippen LogP contribution in [0.5, 0.6) is 5.88 Å². The number of carbonyl (C=O) groups is 2. The molecule has 2 amide bonds. The molecule has 0 saturated carbocycles. The van der Waals surface area contributed by atoms with Crippen LogP contribution in [0.2, 0.25) is 0 Å². The Bertz CT molecular complexity index is 727. The number of pyridine rings is 1. The monoisotopic (exact) mass is 343 g/mol. The van der Waals surface area contributed by atoms with E-state index in [1.165, 1.54) is 18.3 Å². The summed E-state index contributed by atoms with van der Waals surface area (Å²) in [5.41, 5.74) is 0.654. The molecular weight excluding hydrogens is 322 g/mol. The van der Waals surface area contributed by atoms with Crippen molar-refractivity contribution in [2.24, 2.45) is 0 Å². The zero-order valence-corrected chi connectivity index (χ0v) is 14.3. The molecule has 1 saturated heterocycles. The summed E-state index contributed by atoms with van der Waals surface area (Å²) in [7, 11) is 3.23. The van der Waals surface area contributed by atoms with Crippen molar-refractivity contribution in [1.29, 1.82) is 0 Å². The summed E-state index contributed by atoms with van der Waals surface area (Å²) >= 11 is 0. The van der Waals surface area contributed by atoms with Gasteiger partial charge in [0.25, 0.3) is 5.91 Å². The molecule has 3 rings (SSSR count). The van der Waals surface area contributed by atoms with Gasteiger partial charge in [-0.1, -0.05) is 0 Å². The van der Waals surface area contributed by atoms with Gasteiger partial charge >= 0.3 is 0 Å². The highest BCUT2D eigenvalue weighted by atomic mass is 16.5. The van der Waals surface area contributed by atoms with Gasteiger partial charge in [0.2, 0.25) is 11.8 Å². The Morgan fingerprint density at radius 1 is 1.32 bits per heavy atom. The fourth-order valence-electron chi connectivity index (χ4n) is 3.02. The van der Waals surface area contributed by atoms with E-state index in [0.717, 1.165) is 12.8 Å². The predicted molar refractivity (Wildman–Crippen MR) is 91.6 cm³/mol. The summed E-state index contributed by atoms with van der Waals surface area (Å²) in [6.45, 7) is 0.546. The number of amides is 2. The Balaban J connectivity index is 1.78. The minimum absolute atomic E-state index is 0.133. The highest BCUT2D eigenvalue weighted by molar-refractivity contribution is 6.01. The van der Waals surface area contributed by atoms with Crippen molar-refractivity contribution in [2.45, 2.75) is 25.3 Å². The molecular formula is C18H21N3O4. The lowest BCUT2D eigenvalue weighted by Gasteiger charge is -2.36. The van der Waals surface area contributed by atoms with Gasteiger partial charge in [-0.25, -0.2) is 4.98 Å². The van der Waals surface area contributed by atoms with Crippen LogP contribution < -0.4 is 9.64 Å². The maximum Gasteiger partial charge on any atom is 0.290 e. The molecule has 0 bridgehead atoms. The number of hydrogen-bond donors (Lipinski definition) is 0. The SMILES string of the molecule is COc1ccc(N(C)C(=O)[C@H]2CCCCN2C(=O)c2ccco2)cn1. The maximum atomic E-state index is 13.0. The smallest absolute Gasteiger partial charge is 0.290 e. The number of anilines is 1. The Morgan fingerprint density at radius 3 is 2.80 bits per heavy atom. The van der Waals surface area contributed by atoms with E-state index in [4.69, 9.17) is 9.15 Å². The van der Waals surface area contributed by atoms with E-state index in [-0.39, 0.29) is 17.6 Å². The molecule has 2 aromatic heterocycles. The number of nitrogens with zero attached hydrogens (tertiary/aromatic N) is 3. The number of methoxy groups -OCH3 is 1. The van der Waals surface area contributed by atoms with E-state index in [1.54, 1.807) is 42.4 Å². The number of likely N-dealkylation sites (N-methyl/N-ethyl adjacent to an activating group) is 1. The van der Waals surface area contributed by atoms with Gasteiger partial charge < -0.3 is 19.0 Å². The van der Waals surface area contributed by atoms with Gasteiger partial charge in [-0.15, -0.1) is 0 Å². The number of carbonyl (C=O) groups excluding carboxylic acids is 2. The van der Waals surface area contributed by atoms with Crippen molar-refractivity contribution >= 4 is 17.5 Å². The minimum Gasteiger partial charge on any atom is -0.481 e. The second-order valence-electron chi connectivity index (χ2n) is 5.94. The van der Waals surface area contributed by atoms with E-state index >= 15 is 0 Å². The van der Waals surface area contributed by atoms with Gasteiger partial charge in [-0.05, 0) is 37.5 Å². The largest absolute Gasteiger partial charge is 0.481 e. The van der Waals surface area contributed by atoms with Crippen molar-refractivity contribution in [2.75, 3.05) is 25.6 Å². The third-order valence-corrected chi connectivity index (χ3v) is 4.43. The zero-order chi connectivity index (χ0) is 17.8. The van der Waals surface area contributed by atoms with Crippen LogP contribution in [0.4, 0.5) is 5.69 Å². The summed E-state index contributed by atoms with van der Waals surface area (Å²) in [6.07, 6.45) is 5.47. The topological polar surface area (TPSA) is 75.9 Å². The number of likely N-dealkylation sites (tertiary alicyclic amines) is 1. The van der Waals surface area contributed by atoms with E-state index in [1.807, 2.05) is 0 Å². The summed E-state index contributed by atoms with van der Waals surface area (Å²) in [4.78, 5) is 32.9. The number of furan rings is 1. The van der Waals surface area contributed by atoms with Gasteiger partial charge in [0.05, 0.1) is 25.3 Å². The van der Waals surface area contributed by atoms with E-state index in [0.29, 0.717) is 24.5 Å². The van der Waals surface area contributed by atoms with E-state index < -0.39 is 6.04 Å². The normalized spacial score (nSPS) is 17.2. The molecule has 0 radical (unpaired) electrons. The predicted octanol–water partition coefficient (Wildman–Crippen LogP) is 2.34. The molecule has 1 atom stereocenters. The third-order valence-electron chi connectivity index (χ3n) is 4.43. The van der Waals surface area contributed by atoms with Crippen LogP contribution in [-0.2, 0) is 4.79 Å². The minimum atomic E-state index is -0.501. The standard InChI is InChI=1S/C18H21N3O4/c1-20(13-8-9-16(24-2)19-12-13)17(22)14-6-3-4-10-21(14)18(23)15-7-5-11-25-15/h5,7-9,11-12,14H,3-4,6,10H2,1-2H3/t14-/m1/s1. The van der Waals surface area contributed by atoms with Gasteiger partial charge in [0.15, 0.2) is 5.76 Å². The molecule has 0 N–H and O–H groups in total. The first kappa shape index (κ1) is 17.0. The van der Waals surface area contributed by atoms with Crippen LogP contribution in [0.3, 0.4) is 0 Å². The highest BCUT2D eigenvalue weighted by Crippen LogP contribution is 2.24. The molecule has 3 heterocycles. The Kier molecular flexibility index (Phi) is 5.02. The molecule has 132 valence electrons. The molecule has 1 aliphatic heterocycles. The van der Waals surface area contributed by atoms with E-state index in [9.17, 15) is 9.59 Å². The van der Waals surface area contributed by atoms with Crippen molar-refractivity contribution < 1.29 is 18.7 Å². The number of aromatic nitrogens is 1. The van der Waals surface area contributed by atoms with Crippen molar-refractivity contribution in [3.05, 3.63) is 42.5 Å². The van der Waals surface area contributed by atoms with Crippen molar-refractivity contribution in [1.82, 2.24) is 9.88 Å². The quantitative estimate of drug-likeness (QED) is 0.852. The molecule has 7 nitrogen and oxygen atoms in total. The first-order valence-corrected chi connectivity index (χ1v) is 8.24. The van der Waals surface area contributed by atoms with Gasteiger partial charge in [-0.3, -0.25) is 9.59 Å². The molecule has 0 unspecified atom stereocenters. The van der Waals surface area contributed by atoms with Crippen LogP contribution in [0.1, 0.15) is 29.8 Å². The lowest BCUT2D eigenvalue weighted by molar-refractivity contribution is -0.123. The van der Waals surface area contributed by atoms with Crippen LogP contribution in [0, 0.1) is 0 Å². The average molecular weight is 343 g/mol. The van der Waals surface area contributed by atoms with Crippen molar-refractivity contribution in [3.8, 4) is 5.88 Å². The first-order chi connectivity index (χ1) is 12.1. The lowest BCUT2D eigenvalue weighted by Crippen LogP contribution is -2.52.